The lowest BCUT2D eigenvalue weighted by molar-refractivity contribution is -0.115. The van der Waals surface area contributed by atoms with Crippen LogP contribution in [0, 0.1) is 11.3 Å². The number of amides is 1. The van der Waals surface area contributed by atoms with Crippen molar-refractivity contribution in [1.29, 1.82) is 5.41 Å². The van der Waals surface area contributed by atoms with Gasteiger partial charge in [-0.15, -0.1) is 0 Å². The molecule has 0 aromatic heterocycles. The normalized spacial score (nSPS) is 13.1. The number of aliphatic hydroxyl groups excluding tert-OH is 1. The second-order valence-electron chi connectivity index (χ2n) is 8.32. The van der Waals surface area contributed by atoms with E-state index in [2.05, 4.69) is 30.0 Å². The Morgan fingerprint density at radius 1 is 1.10 bits per heavy atom. The smallest absolute Gasteiger partial charge is 0.265 e. The number of hydrogen-bond acceptors (Lipinski definition) is 4. The van der Waals surface area contributed by atoms with Gasteiger partial charge < -0.3 is 10.4 Å². The van der Waals surface area contributed by atoms with Crippen LogP contribution in [-0.4, -0.2) is 43.7 Å². The molecule has 0 saturated heterocycles. The van der Waals surface area contributed by atoms with Crippen molar-refractivity contribution in [3.05, 3.63) is 63.1 Å². The molecule has 2 aromatic carbocycles. The van der Waals surface area contributed by atoms with E-state index in [1.807, 2.05) is 0 Å². The summed E-state index contributed by atoms with van der Waals surface area (Å²) >= 11 is 18.3. The molecule has 0 radical (unpaired) electrons. The van der Waals surface area contributed by atoms with Gasteiger partial charge in [-0.25, -0.2) is 0 Å². The van der Waals surface area contributed by atoms with Gasteiger partial charge in [-0.2, -0.15) is 0 Å². The van der Waals surface area contributed by atoms with E-state index in [1.54, 1.807) is 42.5 Å². The minimum Gasteiger partial charge on any atom is -0.395 e. The maximum absolute atomic E-state index is 12.6. The minimum absolute atomic E-state index is 0.267. The molecule has 9 heteroatoms. The number of nitrogens with one attached hydrogen (secondary N) is 2. The van der Waals surface area contributed by atoms with Crippen molar-refractivity contribution >= 4 is 65.9 Å². The molecule has 0 aliphatic heterocycles. The first kappa shape index (κ1) is 25.6. The van der Waals surface area contributed by atoms with Crippen molar-refractivity contribution in [3.8, 4) is 0 Å². The molecule has 5 nitrogen and oxygen atoms in total. The van der Waals surface area contributed by atoms with Gasteiger partial charge in [-0.3, -0.25) is 15.2 Å². The van der Waals surface area contributed by atoms with E-state index in [0.29, 0.717) is 38.6 Å². The molecule has 3 N–H and O–H groups in total. The Balaban J connectivity index is 2.40. The highest BCUT2D eigenvalue weighted by Crippen LogP contribution is 2.30. The number of hydrogen-bond donors (Lipinski definition) is 3. The van der Waals surface area contributed by atoms with Gasteiger partial charge in [0.25, 0.3) is 5.91 Å². The molecule has 0 saturated carbocycles. The van der Waals surface area contributed by atoms with Gasteiger partial charge in [0.15, 0.2) is 0 Å². The van der Waals surface area contributed by atoms with Crippen LogP contribution in [0.15, 0.2) is 47.5 Å². The summed E-state index contributed by atoms with van der Waals surface area (Å²) in [6.45, 7) is 6.66. The molecule has 0 heterocycles. The predicted octanol–water partition coefficient (Wildman–Crippen LogP) is 5.85. The molecule has 2 aromatic rings. The molecular formula is C22H26Cl3N3O2Si. The average Bonchev–Trinajstić information content (AvgIpc) is 2.69. The van der Waals surface area contributed by atoms with E-state index in [0.717, 1.165) is 6.04 Å². The molecule has 2 rings (SSSR count). The summed E-state index contributed by atoms with van der Waals surface area (Å²) in [6, 6.07) is 12.6. The third-order valence-electron chi connectivity index (χ3n) is 4.56. The first-order valence-electron chi connectivity index (χ1n) is 9.79. The lowest BCUT2D eigenvalue weighted by atomic mass is 9.92. The zero-order chi connectivity index (χ0) is 23.2. The fourth-order valence-corrected chi connectivity index (χ4v) is 4.24. The fourth-order valence-electron chi connectivity index (χ4n) is 2.78. The largest absolute Gasteiger partial charge is 0.395 e. The Morgan fingerprint density at radius 2 is 1.71 bits per heavy atom. The van der Waals surface area contributed by atoms with E-state index in [-0.39, 0.29) is 5.71 Å². The van der Waals surface area contributed by atoms with E-state index in [4.69, 9.17) is 40.2 Å². The molecule has 0 fully saturated rings. The first-order valence-corrected chi connectivity index (χ1v) is 14.6. The summed E-state index contributed by atoms with van der Waals surface area (Å²) < 4.78 is 0. The quantitative estimate of drug-likeness (QED) is 0.299. The van der Waals surface area contributed by atoms with Crippen molar-refractivity contribution in [2.45, 2.75) is 25.7 Å². The summed E-state index contributed by atoms with van der Waals surface area (Å²) in [4.78, 5) is 17.2. The summed E-state index contributed by atoms with van der Waals surface area (Å²) in [7, 11) is -1.33. The summed E-state index contributed by atoms with van der Waals surface area (Å²) in [5, 5.41) is 22.7. The van der Waals surface area contributed by atoms with E-state index < -0.39 is 26.5 Å². The van der Waals surface area contributed by atoms with Crippen LogP contribution in [0.5, 0.6) is 0 Å². The van der Waals surface area contributed by atoms with E-state index >= 15 is 0 Å². The minimum atomic E-state index is -1.33. The molecule has 166 valence electrons. The number of carbonyl (C=O) groups is 1. The summed E-state index contributed by atoms with van der Waals surface area (Å²) in [5.41, 5.74) is 1.11. The van der Waals surface area contributed by atoms with Crippen molar-refractivity contribution in [2.75, 3.05) is 13.2 Å². The number of aliphatic hydroxyl groups is 1. The van der Waals surface area contributed by atoms with Crippen molar-refractivity contribution < 1.29 is 9.90 Å². The van der Waals surface area contributed by atoms with Gasteiger partial charge in [0.1, 0.15) is 5.71 Å². The Bertz CT molecular complexity index is 973. The Morgan fingerprint density at radius 3 is 2.26 bits per heavy atom. The Labute approximate surface area is 199 Å². The van der Waals surface area contributed by atoms with Crippen LogP contribution < -0.4 is 5.32 Å². The monoisotopic (exact) mass is 497 g/mol. The van der Waals surface area contributed by atoms with E-state index in [9.17, 15) is 9.90 Å². The van der Waals surface area contributed by atoms with Gasteiger partial charge in [0, 0.05) is 24.7 Å². The number of benzene rings is 2. The zero-order valence-corrected chi connectivity index (χ0v) is 20.9. The molecular weight excluding hydrogens is 473 g/mol. The van der Waals surface area contributed by atoms with Crippen LogP contribution in [0.3, 0.4) is 0 Å². The number of nitrogens with zero attached hydrogens (tertiary/aromatic N) is 1. The summed E-state index contributed by atoms with van der Waals surface area (Å²) in [5.74, 6) is -1.47. The lowest BCUT2D eigenvalue weighted by Gasteiger charge is -2.20. The van der Waals surface area contributed by atoms with Crippen LogP contribution in [0.2, 0.25) is 40.8 Å². The zero-order valence-electron chi connectivity index (χ0n) is 17.7. The highest BCUT2D eigenvalue weighted by atomic mass is 35.5. The standard InChI is InChI=1S/C22H26Cl3N3O2Si/c1-31(2,3)11-10-27-22(30)20(26)17(13-29)21(14-4-6-15(23)7-5-14)28-19-9-8-16(24)12-18(19)25/h4-9,12,17,26,29H,10-11,13H2,1-3H3,(H,27,30). The fraction of sp³-hybridized carbons (Fsp3) is 0.318. The summed E-state index contributed by atoms with van der Waals surface area (Å²) in [6.07, 6.45) is 0. The highest BCUT2D eigenvalue weighted by molar-refractivity contribution is 6.76. The molecule has 1 amide bonds. The van der Waals surface area contributed by atoms with Gasteiger partial charge in [0.05, 0.1) is 28.9 Å². The maximum atomic E-state index is 12.6. The molecule has 0 bridgehead atoms. The lowest BCUT2D eigenvalue weighted by Crippen LogP contribution is -2.41. The number of rotatable bonds is 9. The average molecular weight is 499 g/mol. The molecule has 0 aliphatic carbocycles. The Kier molecular flexibility index (Phi) is 9.27. The third kappa shape index (κ3) is 7.74. The second-order valence-corrected chi connectivity index (χ2v) is 15.2. The Hall–Kier alpha value is -1.70. The molecule has 0 aliphatic rings. The second kappa shape index (κ2) is 11.2. The molecule has 31 heavy (non-hydrogen) atoms. The van der Waals surface area contributed by atoms with Gasteiger partial charge in [-0.05, 0) is 41.9 Å². The number of carbonyl (C=O) groups excluding carboxylic acids is 1. The molecule has 1 atom stereocenters. The van der Waals surface area contributed by atoms with Crippen LogP contribution >= 0.6 is 34.8 Å². The van der Waals surface area contributed by atoms with E-state index in [1.165, 1.54) is 0 Å². The number of halogens is 3. The van der Waals surface area contributed by atoms with Crippen LogP contribution in [-0.2, 0) is 4.79 Å². The van der Waals surface area contributed by atoms with Gasteiger partial charge >= 0.3 is 0 Å². The highest BCUT2D eigenvalue weighted by Gasteiger charge is 2.27. The van der Waals surface area contributed by atoms with Gasteiger partial charge in [0.2, 0.25) is 0 Å². The topological polar surface area (TPSA) is 85.5 Å². The van der Waals surface area contributed by atoms with Gasteiger partial charge in [-0.1, -0.05) is 66.6 Å². The first-order chi connectivity index (χ1) is 14.5. The molecule has 1 unspecified atom stereocenters. The SMILES string of the molecule is C[Si](C)(C)CCNC(=O)C(=N)C(CO)C(=Nc1ccc(Cl)cc1Cl)c1ccc(Cl)cc1. The predicted molar refractivity (Wildman–Crippen MR) is 134 cm³/mol. The third-order valence-corrected chi connectivity index (χ3v) is 7.10. The van der Waals surface area contributed by atoms with Crippen molar-refractivity contribution in [1.82, 2.24) is 5.32 Å². The van der Waals surface area contributed by atoms with Crippen LogP contribution in [0.1, 0.15) is 5.56 Å². The maximum Gasteiger partial charge on any atom is 0.265 e. The van der Waals surface area contributed by atoms with Crippen LogP contribution in [0.25, 0.3) is 0 Å². The number of aliphatic imine (C=N–C) groups is 1. The van der Waals surface area contributed by atoms with Crippen molar-refractivity contribution in [2.24, 2.45) is 10.9 Å². The molecule has 0 spiro atoms. The van der Waals surface area contributed by atoms with Crippen LogP contribution in [0.4, 0.5) is 5.69 Å². The van der Waals surface area contributed by atoms with Crippen molar-refractivity contribution in [3.63, 3.8) is 0 Å².